The van der Waals surface area contributed by atoms with Gasteiger partial charge in [-0.15, -0.1) is 5.06 Å². The Balaban J connectivity index is 2.52. The van der Waals surface area contributed by atoms with Crippen LogP contribution >= 0.6 is 0 Å². The van der Waals surface area contributed by atoms with Crippen LogP contribution < -0.4 is 4.74 Å². The molecule has 0 aromatic heterocycles. The van der Waals surface area contributed by atoms with Gasteiger partial charge in [-0.05, 0) is 52.0 Å². The number of amidine groups is 1. The van der Waals surface area contributed by atoms with Crippen molar-refractivity contribution in [3.05, 3.63) is 35.0 Å². The monoisotopic (exact) mass is 264 g/mol. The average Bonchev–Trinajstić information content (AvgIpc) is 2.49. The number of hydroxylamine groups is 3. The van der Waals surface area contributed by atoms with Gasteiger partial charge in [0.15, 0.2) is 5.54 Å². The molecule has 5 nitrogen and oxygen atoms in total. The highest BCUT2D eigenvalue weighted by Crippen LogP contribution is 2.37. The summed E-state index contributed by atoms with van der Waals surface area (Å²) in [7, 11) is 1.59. The van der Waals surface area contributed by atoms with Crippen LogP contribution in [0.3, 0.4) is 0 Å². The minimum absolute atomic E-state index is 0.262. The molecule has 0 bridgehead atoms. The lowest BCUT2D eigenvalue weighted by Crippen LogP contribution is -2.53. The van der Waals surface area contributed by atoms with E-state index in [1.807, 2.05) is 27.7 Å². The Kier molecular flexibility index (Phi) is 2.97. The number of nitrogens with zero attached hydrogens (tertiary/aromatic N) is 2. The topological polar surface area (TPSA) is 58.8 Å². The predicted molar refractivity (Wildman–Crippen MR) is 72.5 cm³/mol. The maximum absolute atomic E-state index is 12.5. The Labute approximate surface area is 113 Å². The molecule has 1 heterocycles. The second kappa shape index (κ2) is 4.13. The zero-order valence-electron chi connectivity index (χ0n) is 12.0. The van der Waals surface area contributed by atoms with Crippen molar-refractivity contribution in [2.24, 2.45) is 0 Å². The third-order valence-corrected chi connectivity index (χ3v) is 4.28. The van der Waals surface area contributed by atoms with E-state index >= 15 is 0 Å². The summed E-state index contributed by atoms with van der Waals surface area (Å²) in [5, 5.41) is 23.8. The summed E-state index contributed by atoms with van der Waals surface area (Å²) in [6.07, 6.45) is 0. The standard InChI is InChI=1S/C14H20N2O3/c1-13(2)14(3,4)16(18)12(15(13)17)10-6-8-11(19-5)9-7-10/h6-9,17H,1-5H3. The van der Waals surface area contributed by atoms with E-state index in [9.17, 15) is 10.4 Å². The van der Waals surface area contributed by atoms with Crippen LogP contribution in [0.25, 0.3) is 0 Å². The van der Waals surface area contributed by atoms with E-state index in [4.69, 9.17) is 4.74 Å². The van der Waals surface area contributed by atoms with Crippen LogP contribution in [0.15, 0.2) is 24.3 Å². The molecule has 0 saturated heterocycles. The van der Waals surface area contributed by atoms with Gasteiger partial charge in [-0.3, -0.25) is 4.74 Å². The minimum atomic E-state index is -0.725. The van der Waals surface area contributed by atoms with Crippen molar-refractivity contribution in [1.82, 2.24) is 5.06 Å². The van der Waals surface area contributed by atoms with Crippen molar-refractivity contribution in [2.45, 2.75) is 38.8 Å². The summed E-state index contributed by atoms with van der Waals surface area (Å²) in [5.74, 6) is 0.973. The number of rotatable bonds is 2. The molecule has 0 spiro atoms. The lowest BCUT2D eigenvalue weighted by atomic mass is 9.84. The Morgan fingerprint density at radius 3 is 2.05 bits per heavy atom. The Hall–Kier alpha value is -1.75. The molecule has 5 heteroatoms. The summed E-state index contributed by atoms with van der Waals surface area (Å²) < 4.78 is 5.96. The van der Waals surface area contributed by atoms with Gasteiger partial charge in [-0.2, -0.15) is 0 Å². The van der Waals surface area contributed by atoms with Gasteiger partial charge in [0, 0.05) is 0 Å². The molecule has 0 unspecified atom stereocenters. The zero-order valence-corrected chi connectivity index (χ0v) is 12.0. The number of hydrogen-bond acceptors (Lipinski definition) is 4. The highest BCUT2D eigenvalue weighted by atomic mass is 16.5. The summed E-state index contributed by atoms with van der Waals surface area (Å²) in [4.78, 5) is 0. The van der Waals surface area contributed by atoms with Gasteiger partial charge in [-0.1, -0.05) is 0 Å². The molecule has 0 amide bonds. The van der Waals surface area contributed by atoms with Gasteiger partial charge in [0.05, 0.1) is 12.7 Å². The summed E-state index contributed by atoms with van der Waals surface area (Å²) in [6.45, 7) is 7.32. The maximum Gasteiger partial charge on any atom is 0.313 e. The third kappa shape index (κ3) is 1.76. The molecule has 19 heavy (non-hydrogen) atoms. The van der Waals surface area contributed by atoms with Crippen LogP contribution in [0.1, 0.15) is 33.3 Å². The van der Waals surface area contributed by atoms with E-state index < -0.39 is 11.1 Å². The van der Waals surface area contributed by atoms with Crippen LogP contribution in [-0.4, -0.2) is 39.0 Å². The van der Waals surface area contributed by atoms with Gasteiger partial charge < -0.3 is 9.94 Å². The van der Waals surface area contributed by atoms with Crippen molar-refractivity contribution in [3.8, 4) is 5.75 Å². The van der Waals surface area contributed by atoms with Gasteiger partial charge in [-0.25, -0.2) is 5.21 Å². The van der Waals surface area contributed by atoms with Crippen molar-refractivity contribution >= 4 is 5.84 Å². The molecule has 2 rings (SSSR count). The van der Waals surface area contributed by atoms with Gasteiger partial charge in [0.1, 0.15) is 11.3 Å². The maximum atomic E-state index is 12.5. The van der Waals surface area contributed by atoms with E-state index in [-0.39, 0.29) is 5.84 Å². The smallest absolute Gasteiger partial charge is 0.313 e. The van der Waals surface area contributed by atoms with Crippen molar-refractivity contribution in [1.29, 1.82) is 0 Å². The first-order valence-electron chi connectivity index (χ1n) is 6.21. The van der Waals surface area contributed by atoms with E-state index in [0.717, 1.165) is 9.80 Å². The van der Waals surface area contributed by atoms with Crippen LogP contribution in [0.4, 0.5) is 0 Å². The molecule has 0 fully saturated rings. The van der Waals surface area contributed by atoms with E-state index in [0.29, 0.717) is 11.3 Å². The van der Waals surface area contributed by atoms with E-state index in [1.54, 1.807) is 31.4 Å². The highest BCUT2D eigenvalue weighted by molar-refractivity contribution is 5.96. The Bertz CT molecular complexity index is 518. The van der Waals surface area contributed by atoms with Crippen LogP contribution in [0, 0.1) is 5.21 Å². The van der Waals surface area contributed by atoms with Crippen molar-refractivity contribution in [3.63, 3.8) is 0 Å². The molecule has 104 valence electrons. The minimum Gasteiger partial charge on any atom is -0.714 e. The first-order valence-corrected chi connectivity index (χ1v) is 6.21. The number of hydrogen-bond donors (Lipinski definition) is 1. The van der Waals surface area contributed by atoms with Crippen LogP contribution in [0.5, 0.6) is 5.75 Å². The lowest BCUT2D eigenvalue weighted by molar-refractivity contribution is -0.539. The fourth-order valence-electron chi connectivity index (χ4n) is 2.10. The fraction of sp³-hybridized carbons (Fsp3) is 0.500. The van der Waals surface area contributed by atoms with Gasteiger partial charge in [0.2, 0.25) is 0 Å². The molecule has 0 atom stereocenters. The highest BCUT2D eigenvalue weighted by Gasteiger charge is 2.58. The first-order chi connectivity index (χ1) is 8.73. The first kappa shape index (κ1) is 13.7. The molecule has 0 radical (unpaired) electrons. The van der Waals surface area contributed by atoms with E-state index in [2.05, 4.69) is 0 Å². The Morgan fingerprint density at radius 2 is 1.68 bits per heavy atom. The fourth-order valence-corrected chi connectivity index (χ4v) is 2.10. The molecule has 0 saturated carbocycles. The third-order valence-electron chi connectivity index (χ3n) is 4.28. The summed E-state index contributed by atoms with van der Waals surface area (Å²) in [5.41, 5.74) is -0.738. The number of ether oxygens (including phenoxy) is 1. The molecule has 1 aliphatic rings. The molecule has 1 aliphatic heterocycles. The second-order valence-electron chi connectivity index (χ2n) is 5.78. The summed E-state index contributed by atoms with van der Waals surface area (Å²) in [6, 6.07) is 7.06. The predicted octanol–water partition coefficient (Wildman–Crippen LogP) is 2.21. The van der Waals surface area contributed by atoms with Crippen LogP contribution in [0.2, 0.25) is 0 Å². The molecular formula is C14H20N2O3. The van der Waals surface area contributed by atoms with Crippen molar-refractivity contribution in [2.75, 3.05) is 7.11 Å². The Morgan fingerprint density at radius 1 is 1.16 bits per heavy atom. The largest absolute Gasteiger partial charge is 0.714 e. The van der Waals surface area contributed by atoms with Crippen LogP contribution in [-0.2, 0) is 0 Å². The average molecular weight is 264 g/mol. The van der Waals surface area contributed by atoms with Gasteiger partial charge in [0.25, 0.3) is 0 Å². The summed E-state index contributed by atoms with van der Waals surface area (Å²) >= 11 is 0. The molecule has 0 aliphatic carbocycles. The zero-order chi connectivity index (χ0) is 14.4. The number of methoxy groups -OCH3 is 1. The lowest BCUT2D eigenvalue weighted by Gasteiger charge is -2.33. The van der Waals surface area contributed by atoms with E-state index in [1.165, 1.54) is 0 Å². The molecule has 1 N–H and O–H groups in total. The SMILES string of the molecule is COc1ccc(C2=[N+]([O-])C(C)(C)C(C)(C)N2O)cc1. The normalized spacial score (nSPS) is 20.8. The quantitative estimate of drug-likeness (QED) is 0.657. The second-order valence-corrected chi connectivity index (χ2v) is 5.78. The van der Waals surface area contributed by atoms with Crippen molar-refractivity contribution < 1.29 is 14.7 Å². The molecule has 1 aromatic carbocycles. The van der Waals surface area contributed by atoms with Gasteiger partial charge >= 0.3 is 5.84 Å². The number of benzene rings is 1. The molecular weight excluding hydrogens is 244 g/mol. The molecule has 1 aromatic rings.